The molecule has 0 radical (unpaired) electrons. The number of unbranched alkanes of at least 4 members (excludes halogenated alkanes) is 1. The Labute approximate surface area is 148 Å². The third-order valence-electron chi connectivity index (χ3n) is 3.68. The summed E-state index contributed by atoms with van der Waals surface area (Å²) in [6, 6.07) is 13.9. The van der Waals surface area contributed by atoms with E-state index in [1.54, 1.807) is 62.6 Å². The van der Waals surface area contributed by atoms with Crippen LogP contribution < -0.4 is 10.1 Å². The molecule has 1 N–H and O–H groups in total. The Bertz CT molecular complexity index is 707. The number of rotatable bonds is 7. The number of hydrogen-bond acceptors (Lipinski definition) is 3. The molecule has 0 aromatic heterocycles. The summed E-state index contributed by atoms with van der Waals surface area (Å²) in [5.41, 5.74) is 1.77. The van der Waals surface area contributed by atoms with Gasteiger partial charge in [0.1, 0.15) is 5.75 Å². The number of benzene rings is 2. The van der Waals surface area contributed by atoms with Crippen LogP contribution in [0, 0.1) is 0 Å². The summed E-state index contributed by atoms with van der Waals surface area (Å²) in [4.78, 5) is 25.6. The van der Waals surface area contributed by atoms with Crippen molar-refractivity contribution in [3.63, 3.8) is 0 Å². The van der Waals surface area contributed by atoms with Crippen LogP contribution >= 0.6 is 0 Å². The number of nitrogens with one attached hydrogen (secondary N) is 1. The van der Waals surface area contributed by atoms with Crippen LogP contribution in [0.15, 0.2) is 48.5 Å². The Hall–Kier alpha value is -2.82. The Balaban J connectivity index is 1.96. The molecular formula is C20H24N2O3. The smallest absolute Gasteiger partial charge is 0.255 e. The van der Waals surface area contributed by atoms with E-state index in [0.29, 0.717) is 23.4 Å². The van der Waals surface area contributed by atoms with Crippen molar-refractivity contribution in [2.45, 2.75) is 19.8 Å². The third-order valence-corrected chi connectivity index (χ3v) is 3.68. The lowest BCUT2D eigenvalue weighted by Crippen LogP contribution is -2.21. The van der Waals surface area contributed by atoms with E-state index in [-0.39, 0.29) is 11.8 Å². The zero-order chi connectivity index (χ0) is 18.2. The molecule has 0 atom stereocenters. The fraction of sp³-hybridized carbons (Fsp3) is 0.300. The van der Waals surface area contributed by atoms with Crippen LogP contribution in [-0.2, 0) is 0 Å². The number of carbonyl (C=O) groups is 2. The van der Waals surface area contributed by atoms with Gasteiger partial charge in [0.2, 0.25) is 0 Å². The summed E-state index contributed by atoms with van der Waals surface area (Å²) in [5, 5.41) is 2.82. The molecule has 2 amide bonds. The van der Waals surface area contributed by atoms with Crippen LogP contribution in [0.1, 0.15) is 40.5 Å². The summed E-state index contributed by atoms with van der Waals surface area (Å²) < 4.78 is 5.59. The zero-order valence-corrected chi connectivity index (χ0v) is 14.9. The predicted octanol–water partition coefficient (Wildman–Crippen LogP) is 3.82. The van der Waals surface area contributed by atoms with E-state index < -0.39 is 0 Å². The first-order valence-corrected chi connectivity index (χ1v) is 8.37. The van der Waals surface area contributed by atoms with Crippen LogP contribution in [0.4, 0.5) is 5.69 Å². The first-order valence-electron chi connectivity index (χ1n) is 8.37. The Kier molecular flexibility index (Phi) is 6.57. The molecule has 0 saturated heterocycles. The van der Waals surface area contributed by atoms with Gasteiger partial charge in [0, 0.05) is 30.9 Å². The molecule has 0 saturated carbocycles. The van der Waals surface area contributed by atoms with E-state index in [1.165, 1.54) is 4.90 Å². The summed E-state index contributed by atoms with van der Waals surface area (Å²) in [6.45, 7) is 2.79. The van der Waals surface area contributed by atoms with Crippen molar-refractivity contribution in [1.82, 2.24) is 4.90 Å². The van der Waals surface area contributed by atoms with Gasteiger partial charge in [-0.15, -0.1) is 0 Å². The monoisotopic (exact) mass is 340 g/mol. The molecule has 2 aromatic carbocycles. The predicted molar refractivity (Wildman–Crippen MR) is 99.3 cm³/mol. The number of ether oxygens (including phenoxy) is 1. The molecule has 0 unspecified atom stereocenters. The minimum absolute atomic E-state index is 0.0726. The first-order chi connectivity index (χ1) is 12.0. The van der Waals surface area contributed by atoms with Crippen molar-refractivity contribution in [3.8, 4) is 5.75 Å². The van der Waals surface area contributed by atoms with E-state index in [0.717, 1.165) is 18.6 Å². The summed E-state index contributed by atoms with van der Waals surface area (Å²) in [7, 11) is 3.40. The molecule has 2 rings (SSSR count). The molecule has 0 spiro atoms. The third kappa shape index (κ3) is 5.35. The van der Waals surface area contributed by atoms with E-state index in [2.05, 4.69) is 12.2 Å². The Morgan fingerprint density at radius 2 is 1.56 bits per heavy atom. The van der Waals surface area contributed by atoms with Gasteiger partial charge in [-0.25, -0.2) is 0 Å². The molecule has 132 valence electrons. The molecule has 5 nitrogen and oxygen atoms in total. The Morgan fingerprint density at radius 1 is 0.960 bits per heavy atom. The highest BCUT2D eigenvalue weighted by Crippen LogP contribution is 2.15. The number of carbonyl (C=O) groups excluding carboxylic acids is 2. The molecule has 0 bridgehead atoms. The van der Waals surface area contributed by atoms with E-state index >= 15 is 0 Å². The highest BCUT2D eigenvalue weighted by atomic mass is 16.5. The molecule has 0 fully saturated rings. The van der Waals surface area contributed by atoms with Gasteiger partial charge in [-0.05, 0) is 55.0 Å². The maximum Gasteiger partial charge on any atom is 0.255 e. The second kappa shape index (κ2) is 8.87. The average molecular weight is 340 g/mol. The lowest BCUT2D eigenvalue weighted by atomic mass is 10.1. The molecule has 5 heteroatoms. The minimum atomic E-state index is -0.202. The van der Waals surface area contributed by atoms with Gasteiger partial charge in [0.15, 0.2) is 0 Å². The minimum Gasteiger partial charge on any atom is -0.494 e. The molecule has 0 aliphatic heterocycles. The summed E-state index contributed by atoms with van der Waals surface area (Å²) in [5.74, 6) is 0.486. The van der Waals surface area contributed by atoms with Gasteiger partial charge < -0.3 is 15.0 Å². The summed E-state index contributed by atoms with van der Waals surface area (Å²) >= 11 is 0. The largest absolute Gasteiger partial charge is 0.494 e. The molecule has 25 heavy (non-hydrogen) atoms. The van der Waals surface area contributed by atoms with Gasteiger partial charge >= 0.3 is 0 Å². The lowest BCUT2D eigenvalue weighted by Gasteiger charge is -2.11. The average Bonchev–Trinajstić information content (AvgIpc) is 2.62. The van der Waals surface area contributed by atoms with E-state index in [9.17, 15) is 9.59 Å². The van der Waals surface area contributed by atoms with Crippen LogP contribution in [0.2, 0.25) is 0 Å². The van der Waals surface area contributed by atoms with Crippen LogP contribution in [-0.4, -0.2) is 37.4 Å². The number of hydrogen-bond donors (Lipinski definition) is 1. The van der Waals surface area contributed by atoms with Crippen molar-refractivity contribution < 1.29 is 14.3 Å². The van der Waals surface area contributed by atoms with Gasteiger partial charge in [-0.1, -0.05) is 13.3 Å². The zero-order valence-electron chi connectivity index (χ0n) is 14.9. The fourth-order valence-corrected chi connectivity index (χ4v) is 2.19. The first kappa shape index (κ1) is 18.5. The van der Waals surface area contributed by atoms with Gasteiger partial charge in [0.25, 0.3) is 11.8 Å². The maximum absolute atomic E-state index is 12.3. The quantitative estimate of drug-likeness (QED) is 0.780. The molecule has 0 aliphatic carbocycles. The van der Waals surface area contributed by atoms with Crippen molar-refractivity contribution >= 4 is 17.5 Å². The standard InChI is InChI=1S/C20H24N2O3/c1-4-5-14-25-18-12-8-15(9-13-18)19(23)21-17-10-6-16(7-11-17)20(24)22(2)3/h6-13H,4-5,14H2,1-3H3,(H,21,23). The molecule has 0 aliphatic rings. The van der Waals surface area contributed by atoms with Crippen LogP contribution in [0.5, 0.6) is 5.75 Å². The number of amides is 2. The topological polar surface area (TPSA) is 58.6 Å². The maximum atomic E-state index is 12.3. The van der Waals surface area contributed by atoms with Crippen molar-refractivity contribution in [2.24, 2.45) is 0 Å². The SMILES string of the molecule is CCCCOc1ccc(C(=O)Nc2ccc(C(=O)N(C)C)cc2)cc1. The molecule has 2 aromatic rings. The highest BCUT2D eigenvalue weighted by molar-refractivity contribution is 6.04. The highest BCUT2D eigenvalue weighted by Gasteiger charge is 2.09. The van der Waals surface area contributed by atoms with E-state index in [1.807, 2.05) is 0 Å². The van der Waals surface area contributed by atoms with Gasteiger partial charge in [-0.3, -0.25) is 9.59 Å². The van der Waals surface area contributed by atoms with Crippen molar-refractivity contribution in [3.05, 3.63) is 59.7 Å². The fourth-order valence-electron chi connectivity index (χ4n) is 2.19. The number of nitrogens with zero attached hydrogens (tertiary/aromatic N) is 1. The Morgan fingerprint density at radius 3 is 2.12 bits per heavy atom. The van der Waals surface area contributed by atoms with Gasteiger partial charge in [-0.2, -0.15) is 0 Å². The van der Waals surface area contributed by atoms with Crippen LogP contribution in [0.25, 0.3) is 0 Å². The normalized spacial score (nSPS) is 10.2. The summed E-state index contributed by atoms with van der Waals surface area (Å²) in [6.07, 6.45) is 2.09. The van der Waals surface area contributed by atoms with Crippen molar-refractivity contribution in [1.29, 1.82) is 0 Å². The number of anilines is 1. The molecular weight excluding hydrogens is 316 g/mol. The van der Waals surface area contributed by atoms with Crippen molar-refractivity contribution in [2.75, 3.05) is 26.0 Å². The molecule has 0 heterocycles. The lowest BCUT2D eigenvalue weighted by molar-refractivity contribution is 0.0827. The second-order valence-electron chi connectivity index (χ2n) is 5.96. The van der Waals surface area contributed by atoms with Crippen LogP contribution in [0.3, 0.4) is 0 Å². The second-order valence-corrected chi connectivity index (χ2v) is 5.96. The van der Waals surface area contributed by atoms with E-state index in [4.69, 9.17) is 4.74 Å². The van der Waals surface area contributed by atoms with Gasteiger partial charge in [0.05, 0.1) is 6.61 Å².